The predicted octanol–water partition coefficient (Wildman–Crippen LogP) is 1.79. The highest BCUT2D eigenvalue weighted by molar-refractivity contribution is 7.97. The van der Waals surface area contributed by atoms with E-state index in [2.05, 4.69) is 0 Å². The molecule has 0 spiro atoms. The van der Waals surface area contributed by atoms with E-state index >= 15 is 0 Å². The smallest absolute Gasteiger partial charge is 0.336 e. The van der Waals surface area contributed by atoms with E-state index in [1.54, 1.807) is 6.26 Å². The number of thioether (sulfide) groups is 1. The molecule has 0 aliphatic rings. The van der Waals surface area contributed by atoms with Crippen molar-refractivity contribution in [3.8, 4) is 0 Å². The van der Waals surface area contributed by atoms with Crippen LogP contribution < -0.4 is 0 Å². The Bertz CT molecular complexity index is 552. The molecule has 17 heavy (non-hydrogen) atoms. The van der Waals surface area contributed by atoms with E-state index in [9.17, 15) is 17.6 Å². The zero-order valence-corrected chi connectivity index (χ0v) is 10.9. The number of aromatic carboxylic acids is 1. The van der Waals surface area contributed by atoms with Gasteiger partial charge in [0.25, 0.3) is 0 Å². The van der Waals surface area contributed by atoms with Crippen molar-refractivity contribution in [2.45, 2.75) is 10.6 Å². The molecule has 0 saturated heterocycles. The fraction of sp³-hybridized carbons (Fsp3) is 0.300. The van der Waals surface area contributed by atoms with Gasteiger partial charge in [0.05, 0.1) is 5.56 Å². The molecule has 1 N–H and O–H groups in total. The molecule has 0 amide bonds. The van der Waals surface area contributed by atoms with Crippen LogP contribution in [-0.2, 0) is 15.6 Å². The van der Waals surface area contributed by atoms with Gasteiger partial charge in [-0.2, -0.15) is 11.8 Å². The third kappa shape index (κ3) is 2.98. The number of hydrogen-bond donors (Lipinski definition) is 1. The van der Waals surface area contributed by atoms with Gasteiger partial charge in [-0.05, 0) is 18.4 Å². The van der Waals surface area contributed by atoms with Crippen LogP contribution in [0.3, 0.4) is 0 Å². The molecule has 94 valence electrons. The minimum Gasteiger partial charge on any atom is -0.478 e. The molecular weight excluding hydrogens is 267 g/mol. The summed E-state index contributed by atoms with van der Waals surface area (Å²) in [7, 11) is -3.69. The monoisotopic (exact) mass is 278 g/mol. The van der Waals surface area contributed by atoms with E-state index in [0.29, 0.717) is 0 Å². The van der Waals surface area contributed by atoms with E-state index in [1.165, 1.54) is 11.8 Å². The lowest BCUT2D eigenvalue weighted by Crippen LogP contribution is -2.09. The van der Waals surface area contributed by atoms with Crippen LogP contribution in [0, 0.1) is 5.82 Å². The summed E-state index contributed by atoms with van der Waals surface area (Å²) in [4.78, 5) is 10.4. The zero-order chi connectivity index (χ0) is 13.2. The molecule has 0 unspecified atom stereocenters. The number of carboxylic acid groups (broad SMARTS) is 1. The third-order valence-electron chi connectivity index (χ3n) is 2.13. The van der Waals surface area contributed by atoms with Crippen LogP contribution in [-0.4, -0.2) is 32.0 Å². The molecule has 1 aromatic carbocycles. The van der Waals surface area contributed by atoms with Crippen molar-refractivity contribution in [3.05, 3.63) is 29.1 Å². The maximum atomic E-state index is 13.9. The quantitative estimate of drug-likeness (QED) is 0.909. The van der Waals surface area contributed by atoms with Crippen molar-refractivity contribution in [1.82, 2.24) is 0 Å². The van der Waals surface area contributed by atoms with Crippen LogP contribution in [0.4, 0.5) is 4.39 Å². The van der Waals surface area contributed by atoms with Crippen molar-refractivity contribution in [3.63, 3.8) is 0 Å². The van der Waals surface area contributed by atoms with Gasteiger partial charge >= 0.3 is 5.97 Å². The van der Waals surface area contributed by atoms with E-state index in [0.717, 1.165) is 18.4 Å². The van der Waals surface area contributed by atoms with E-state index in [4.69, 9.17) is 5.11 Å². The number of sulfone groups is 1. The van der Waals surface area contributed by atoms with Crippen LogP contribution in [0.5, 0.6) is 0 Å². The summed E-state index contributed by atoms with van der Waals surface area (Å²) in [6.07, 6.45) is 2.56. The zero-order valence-electron chi connectivity index (χ0n) is 9.23. The normalized spacial score (nSPS) is 11.5. The van der Waals surface area contributed by atoms with Crippen LogP contribution in [0.2, 0.25) is 0 Å². The fourth-order valence-electron chi connectivity index (χ4n) is 1.37. The Labute approximate surface area is 103 Å². The second-order valence-corrected chi connectivity index (χ2v) is 6.26. The van der Waals surface area contributed by atoms with Gasteiger partial charge in [0.15, 0.2) is 9.84 Å². The standard InChI is InChI=1S/C10H11FO4S2/c1-16-5-7-6(10(12)13)3-4-8(9(7)11)17(2,14)15/h3-4H,5H2,1-2H3,(H,12,13). The molecule has 0 aliphatic heterocycles. The molecule has 0 aromatic heterocycles. The van der Waals surface area contributed by atoms with E-state index in [1.807, 2.05) is 0 Å². The first kappa shape index (κ1) is 14.0. The predicted molar refractivity (Wildman–Crippen MR) is 63.7 cm³/mol. The number of halogens is 1. The van der Waals surface area contributed by atoms with Gasteiger partial charge in [-0.1, -0.05) is 0 Å². The Kier molecular flexibility index (Phi) is 4.16. The highest BCUT2D eigenvalue weighted by Crippen LogP contribution is 2.24. The highest BCUT2D eigenvalue weighted by Gasteiger charge is 2.22. The van der Waals surface area contributed by atoms with E-state index in [-0.39, 0.29) is 16.9 Å². The van der Waals surface area contributed by atoms with Crippen molar-refractivity contribution < 1.29 is 22.7 Å². The minimum atomic E-state index is -3.69. The fourth-order valence-corrected chi connectivity index (χ4v) is 2.71. The molecular formula is C10H11FO4S2. The van der Waals surface area contributed by atoms with Gasteiger partial charge in [0.1, 0.15) is 10.7 Å². The Morgan fingerprint density at radius 1 is 1.47 bits per heavy atom. The minimum absolute atomic E-state index is 0.0899. The second-order valence-electron chi connectivity index (χ2n) is 3.41. The highest BCUT2D eigenvalue weighted by atomic mass is 32.2. The molecule has 0 bridgehead atoms. The summed E-state index contributed by atoms with van der Waals surface area (Å²) >= 11 is 1.22. The van der Waals surface area contributed by atoms with Gasteiger partial charge < -0.3 is 5.11 Å². The number of benzene rings is 1. The Morgan fingerprint density at radius 2 is 2.06 bits per heavy atom. The number of rotatable bonds is 4. The number of hydrogen-bond acceptors (Lipinski definition) is 4. The third-order valence-corrected chi connectivity index (χ3v) is 3.82. The summed E-state index contributed by atoms with van der Waals surface area (Å²) in [5.74, 6) is -2.13. The average Bonchev–Trinajstić information content (AvgIpc) is 2.18. The Balaban J connectivity index is 3.55. The first-order valence-corrected chi connectivity index (χ1v) is 7.81. The lowest BCUT2D eigenvalue weighted by atomic mass is 10.1. The lowest BCUT2D eigenvalue weighted by molar-refractivity contribution is 0.0695. The van der Waals surface area contributed by atoms with Gasteiger partial charge in [-0.3, -0.25) is 0 Å². The maximum Gasteiger partial charge on any atom is 0.336 e. The van der Waals surface area contributed by atoms with Crippen LogP contribution in [0.15, 0.2) is 17.0 Å². The Hall–Kier alpha value is -1.08. The maximum absolute atomic E-state index is 13.9. The average molecular weight is 278 g/mol. The SMILES string of the molecule is CSCc1c(C(=O)O)ccc(S(C)(=O)=O)c1F. The van der Waals surface area contributed by atoms with Gasteiger partial charge in [-0.15, -0.1) is 0 Å². The van der Waals surface area contributed by atoms with Gasteiger partial charge in [0.2, 0.25) is 0 Å². The second kappa shape index (κ2) is 5.05. The van der Waals surface area contributed by atoms with Crippen molar-refractivity contribution in [2.24, 2.45) is 0 Å². The molecule has 0 aliphatic carbocycles. The van der Waals surface area contributed by atoms with Crippen LogP contribution >= 0.6 is 11.8 Å². The summed E-state index contributed by atoms with van der Waals surface area (Å²) in [6.45, 7) is 0. The summed E-state index contributed by atoms with van der Waals surface area (Å²) < 4.78 is 36.5. The topological polar surface area (TPSA) is 71.4 Å². The van der Waals surface area contributed by atoms with Crippen molar-refractivity contribution in [2.75, 3.05) is 12.5 Å². The molecule has 0 heterocycles. The molecule has 0 fully saturated rings. The number of carboxylic acids is 1. The lowest BCUT2D eigenvalue weighted by Gasteiger charge is -2.09. The Morgan fingerprint density at radius 3 is 2.47 bits per heavy atom. The summed E-state index contributed by atoms with van der Waals surface area (Å²) in [6, 6.07) is 2.10. The molecule has 0 saturated carbocycles. The molecule has 4 nitrogen and oxygen atoms in total. The van der Waals surface area contributed by atoms with Crippen molar-refractivity contribution >= 4 is 27.6 Å². The molecule has 1 rings (SSSR count). The first-order valence-electron chi connectivity index (χ1n) is 4.52. The molecule has 0 radical (unpaired) electrons. The number of carbonyl (C=O) groups is 1. The first-order chi connectivity index (χ1) is 7.79. The van der Waals surface area contributed by atoms with Crippen molar-refractivity contribution in [1.29, 1.82) is 0 Å². The molecule has 7 heteroatoms. The van der Waals surface area contributed by atoms with Gasteiger partial charge in [0, 0.05) is 17.6 Å². The van der Waals surface area contributed by atoms with Crippen LogP contribution in [0.25, 0.3) is 0 Å². The summed E-state index contributed by atoms with van der Waals surface area (Å²) in [5, 5.41) is 8.89. The molecule has 1 aromatic rings. The molecule has 0 atom stereocenters. The summed E-state index contributed by atoms with van der Waals surface area (Å²) in [5.41, 5.74) is -0.294. The van der Waals surface area contributed by atoms with Gasteiger partial charge in [-0.25, -0.2) is 17.6 Å². The largest absolute Gasteiger partial charge is 0.478 e. The van der Waals surface area contributed by atoms with Crippen LogP contribution in [0.1, 0.15) is 15.9 Å². The van der Waals surface area contributed by atoms with E-state index < -0.39 is 26.5 Å².